The molecule has 21 heavy (non-hydrogen) atoms. The Kier molecular flexibility index (Phi) is 6.21. The van der Waals surface area contributed by atoms with Gasteiger partial charge in [-0.3, -0.25) is 4.90 Å². The van der Waals surface area contributed by atoms with Gasteiger partial charge < -0.3 is 10.5 Å². The summed E-state index contributed by atoms with van der Waals surface area (Å²) in [6, 6.07) is 5.18. The number of likely N-dealkylation sites (tertiary alicyclic amines) is 1. The van der Waals surface area contributed by atoms with Crippen molar-refractivity contribution < 1.29 is 13.5 Å². The maximum atomic E-state index is 12.5. The van der Waals surface area contributed by atoms with Crippen molar-refractivity contribution in [2.45, 2.75) is 44.9 Å². The maximum absolute atomic E-state index is 12.5. The maximum Gasteiger partial charge on any atom is 0.387 e. The van der Waals surface area contributed by atoms with Gasteiger partial charge in [0.2, 0.25) is 0 Å². The minimum Gasteiger partial charge on any atom is -0.434 e. The highest BCUT2D eigenvalue weighted by Gasteiger charge is 2.23. The monoisotopic (exact) mass is 318 g/mol. The minimum absolute atomic E-state index is 0.200. The molecule has 1 fully saturated rings. The zero-order valence-corrected chi connectivity index (χ0v) is 12.7. The molecule has 6 heteroatoms. The molecule has 1 atom stereocenters. The average molecular weight is 319 g/mol. The van der Waals surface area contributed by atoms with Crippen LogP contribution in [0.1, 0.15) is 31.2 Å². The number of halogens is 3. The standard InChI is InChI=1S/C15H21ClF2N2O/c16-12-4-5-14(21-15(17)18)11(9-12)10-20-8-2-1-3-13(20)6-7-19/h4-5,9,13,15H,1-3,6-8,10,19H2. The predicted octanol–water partition coefficient (Wildman–Crippen LogP) is 3.64. The number of piperidine rings is 1. The number of benzene rings is 1. The second-order valence-electron chi connectivity index (χ2n) is 5.33. The molecular formula is C15H21ClF2N2O. The van der Waals surface area contributed by atoms with Gasteiger partial charge in [-0.05, 0) is 50.6 Å². The highest BCUT2D eigenvalue weighted by molar-refractivity contribution is 6.30. The summed E-state index contributed by atoms with van der Waals surface area (Å²) in [5.41, 5.74) is 6.36. The van der Waals surface area contributed by atoms with E-state index in [9.17, 15) is 8.78 Å². The van der Waals surface area contributed by atoms with E-state index >= 15 is 0 Å². The Bertz CT molecular complexity index is 457. The zero-order valence-electron chi connectivity index (χ0n) is 11.9. The number of rotatable bonds is 6. The summed E-state index contributed by atoms with van der Waals surface area (Å²) < 4.78 is 29.6. The number of hydrogen-bond donors (Lipinski definition) is 1. The second kappa shape index (κ2) is 7.92. The molecule has 0 aromatic heterocycles. The molecule has 2 N–H and O–H groups in total. The summed E-state index contributed by atoms with van der Waals surface area (Å²) >= 11 is 5.99. The van der Waals surface area contributed by atoms with Gasteiger partial charge in [0.25, 0.3) is 0 Å². The van der Waals surface area contributed by atoms with Crippen LogP contribution in [-0.4, -0.2) is 30.6 Å². The zero-order chi connectivity index (χ0) is 15.2. The van der Waals surface area contributed by atoms with E-state index in [1.54, 1.807) is 12.1 Å². The molecule has 1 saturated heterocycles. The summed E-state index contributed by atoms with van der Waals surface area (Å²) in [6.07, 6.45) is 4.33. The van der Waals surface area contributed by atoms with Crippen molar-refractivity contribution >= 4 is 11.6 Å². The molecule has 0 saturated carbocycles. The largest absolute Gasteiger partial charge is 0.434 e. The summed E-state index contributed by atoms with van der Waals surface area (Å²) in [7, 11) is 0. The lowest BCUT2D eigenvalue weighted by molar-refractivity contribution is -0.0509. The molecule has 3 nitrogen and oxygen atoms in total. The van der Waals surface area contributed by atoms with Crippen LogP contribution in [0.3, 0.4) is 0 Å². The van der Waals surface area contributed by atoms with Crippen LogP contribution in [0.2, 0.25) is 5.02 Å². The van der Waals surface area contributed by atoms with E-state index < -0.39 is 6.61 Å². The molecule has 2 rings (SSSR count). The molecule has 0 bridgehead atoms. The van der Waals surface area contributed by atoms with Gasteiger partial charge in [-0.25, -0.2) is 0 Å². The number of nitrogens with zero attached hydrogens (tertiary/aromatic N) is 1. The SMILES string of the molecule is NCCC1CCCCN1Cc1cc(Cl)ccc1OC(F)F. The highest BCUT2D eigenvalue weighted by Crippen LogP contribution is 2.29. The Morgan fingerprint density at radius 2 is 2.19 bits per heavy atom. The van der Waals surface area contributed by atoms with Gasteiger partial charge in [0.05, 0.1) is 0 Å². The lowest BCUT2D eigenvalue weighted by atomic mass is 9.98. The number of ether oxygens (including phenoxy) is 1. The van der Waals surface area contributed by atoms with E-state index in [1.807, 2.05) is 0 Å². The first-order valence-electron chi connectivity index (χ1n) is 7.27. The van der Waals surface area contributed by atoms with Crippen LogP contribution in [0, 0.1) is 0 Å². The average Bonchev–Trinajstić information content (AvgIpc) is 2.44. The molecule has 118 valence electrons. The molecule has 1 heterocycles. The van der Waals surface area contributed by atoms with Gasteiger partial charge in [0.15, 0.2) is 0 Å². The Morgan fingerprint density at radius 1 is 1.38 bits per heavy atom. The molecule has 1 aromatic rings. The fourth-order valence-corrected chi connectivity index (χ4v) is 3.08. The van der Waals surface area contributed by atoms with Crippen LogP contribution in [0.4, 0.5) is 8.78 Å². The van der Waals surface area contributed by atoms with Gasteiger partial charge in [-0.2, -0.15) is 8.78 Å². The van der Waals surface area contributed by atoms with E-state index in [0.29, 0.717) is 29.7 Å². The first kappa shape index (κ1) is 16.5. The second-order valence-corrected chi connectivity index (χ2v) is 5.76. The van der Waals surface area contributed by atoms with Crippen LogP contribution in [0.25, 0.3) is 0 Å². The fourth-order valence-electron chi connectivity index (χ4n) is 2.89. The number of nitrogens with two attached hydrogens (primary N) is 1. The van der Waals surface area contributed by atoms with E-state index in [-0.39, 0.29) is 5.75 Å². The highest BCUT2D eigenvalue weighted by atomic mass is 35.5. The van der Waals surface area contributed by atoms with Gasteiger partial charge >= 0.3 is 6.61 Å². The van der Waals surface area contributed by atoms with Crippen molar-refractivity contribution in [2.75, 3.05) is 13.1 Å². The van der Waals surface area contributed by atoms with Gasteiger partial charge in [-0.1, -0.05) is 18.0 Å². The lowest BCUT2D eigenvalue weighted by Gasteiger charge is -2.36. The third-order valence-corrected chi connectivity index (χ3v) is 4.10. The molecule has 0 aliphatic carbocycles. The Morgan fingerprint density at radius 3 is 2.90 bits per heavy atom. The minimum atomic E-state index is -2.83. The molecule has 0 spiro atoms. The van der Waals surface area contributed by atoms with E-state index in [0.717, 1.165) is 25.8 Å². The summed E-state index contributed by atoms with van der Waals surface area (Å²) in [6.45, 7) is -0.679. The lowest BCUT2D eigenvalue weighted by Crippen LogP contribution is -2.40. The van der Waals surface area contributed by atoms with Crippen LogP contribution in [-0.2, 0) is 6.54 Å². The third kappa shape index (κ3) is 4.80. The van der Waals surface area contributed by atoms with Gasteiger partial charge in [0, 0.05) is 23.2 Å². The molecule has 0 amide bonds. The van der Waals surface area contributed by atoms with Crippen LogP contribution < -0.4 is 10.5 Å². The molecule has 1 aliphatic rings. The molecular weight excluding hydrogens is 298 g/mol. The van der Waals surface area contributed by atoms with Crippen molar-refractivity contribution in [3.05, 3.63) is 28.8 Å². The molecule has 1 aliphatic heterocycles. The van der Waals surface area contributed by atoms with Crippen LogP contribution in [0.15, 0.2) is 18.2 Å². The van der Waals surface area contributed by atoms with Gasteiger partial charge in [0.1, 0.15) is 5.75 Å². The van der Waals surface area contributed by atoms with Crippen molar-refractivity contribution in [2.24, 2.45) is 5.73 Å². The van der Waals surface area contributed by atoms with Crippen LogP contribution in [0.5, 0.6) is 5.75 Å². The van der Waals surface area contributed by atoms with Crippen molar-refractivity contribution in [1.82, 2.24) is 4.90 Å². The summed E-state index contributed by atoms with van der Waals surface area (Å²) in [4.78, 5) is 2.29. The van der Waals surface area contributed by atoms with Gasteiger partial charge in [-0.15, -0.1) is 0 Å². The number of hydrogen-bond acceptors (Lipinski definition) is 3. The quantitative estimate of drug-likeness (QED) is 0.870. The number of alkyl halides is 2. The molecule has 1 unspecified atom stereocenters. The Balaban J connectivity index is 2.14. The Hall–Kier alpha value is -0.910. The summed E-state index contributed by atoms with van der Waals surface area (Å²) in [5.74, 6) is 0.200. The smallest absolute Gasteiger partial charge is 0.387 e. The van der Waals surface area contributed by atoms with Crippen LogP contribution >= 0.6 is 11.6 Å². The topological polar surface area (TPSA) is 38.5 Å². The summed E-state index contributed by atoms with van der Waals surface area (Å²) in [5, 5.41) is 0.527. The fraction of sp³-hybridized carbons (Fsp3) is 0.600. The van der Waals surface area contributed by atoms with E-state index in [2.05, 4.69) is 9.64 Å². The van der Waals surface area contributed by atoms with E-state index in [4.69, 9.17) is 17.3 Å². The third-order valence-electron chi connectivity index (χ3n) is 3.86. The van der Waals surface area contributed by atoms with Crippen molar-refractivity contribution in [3.8, 4) is 5.75 Å². The first-order valence-corrected chi connectivity index (χ1v) is 7.65. The van der Waals surface area contributed by atoms with Crippen molar-refractivity contribution in [3.63, 3.8) is 0 Å². The first-order chi connectivity index (χ1) is 10.1. The van der Waals surface area contributed by atoms with Crippen molar-refractivity contribution in [1.29, 1.82) is 0 Å². The molecule has 0 radical (unpaired) electrons. The van der Waals surface area contributed by atoms with E-state index in [1.165, 1.54) is 12.5 Å². The Labute approximate surface area is 129 Å². The normalized spacial score (nSPS) is 20.0. The predicted molar refractivity (Wildman–Crippen MR) is 79.8 cm³/mol. The molecule has 1 aromatic carbocycles.